The topological polar surface area (TPSA) is 47.1 Å². The average molecular weight is 224 g/mol. The van der Waals surface area contributed by atoms with E-state index in [0.717, 1.165) is 25.2 Å². The highest BCUT2D eigenvalue weighted by molar-refractivity contribution is 5.02. The second-order valence-electron chi connectivity index (χ2n) is 4.73. The SMILES string of the molecule is CC(C)N(C)CCCn1cncc1[C@H](C)N. The van der Waals surface area contributed by atoms with Crippen LogP contribution < -0.4 is 5.73 Å². The first-order valence-corrected chi connectivity index (χ1v) is 5.98. The molecule has 0 bridgehead atoms. The van der Waals surface area contributed by atoms with Gasteiger partial charge in [-0.25, -0.2) is 4.98 Å². The Hall–Kier alpha value is -0.870. The first-order valence-electron chi connectivity index (χ1n) is 5.98. The van der Waals surface area contributed by atoms with Crippen molar-refractivity contribution < 1.29 is 0 Å². The summed E-state index contributed by atoms with van der Waals surface area (Å²) < 4.78 is 2.15. The Bertz CT molecular complexity index is 304. The fourth-order valence-corrected chi connectivity index (χ4v) is 1.65. The minimum absolute atomic E-state index is 0.0605. The van der Waals surface area contributed by atoms with Gasteiger partial charge in [0.15, 0.2) is 0 Å². The van der Waals surface area contributed by atoms with Crippen molar-refractivity contribution in [2.24, 2.45) is 5.73 Å². The molecule has 0 aliphatic heterocycles. The number of nitrogens with two attached hydrogens (primary N) is 1. The van der Waals surface area contributed by atoms with E-state index >= 15 is 0 Å². The molecule has 4 heteroatoms. The number of hydrogen-bond acceptors (Lipinski definition) is 3. The molecule has 4 nitrogen and oxygen atoms in total. The number of hydrogen-bond donors (Lipinski definition) is 1. The van der Waals surface area contributed by atoms with Crippen molar-refractivity contribution >= 4 is 0 Å². The highest BCUT2D eigenvalue weighted by Crippen LogP contribution is 2.09. The van der Waals surface area contributed by atoms with Crippen LogP contribution in [0.5, 0.6) is 0 Å². The molecule has 16 heavy (non-hydrogen) atoms. The summed E-state index contributed by atoms with van der Waals surface area (Å²) in [6.45, 7) is 8.52. The summed E-state index contributed by atoms with van der Waals surface area (Å²) in [5.41, 5.74) is 6.99. The molecule has 0 aromatic carbocycles. The van der Waals surface area contributed by atoms with E-state index < -0.39 is 0 Å². The lowest BCUT2D eigenvalue weighted by atomic mass is 10.2. The van der Waals surface area contributed by atoms with Gasteiger partial charge in [0, 0.05) is 24.8 Å². The summed E-state index contributed by atoms with van der Waals surface area (Å²) in [7, 11) is 2.16. The van der Waals surface area contributed by atoms with E-state index in [0.29, 0.717) is 6.04 Å². The molecule has 1 rings (SSSR count). The third-order valence-corrected chi connectivity index (χ3v) is 3.00. The molecular formula is C12H24N4. The maximum Gasteiger partial charge on any atom is 0.0948 e. The quantitative estimate of drug-likeness (QED) is 0.799. The Balaban J connectivity index is 2.40. The first-order chi connectivity index (χ1) is 7.52. The third-order valence-electron chi connectivity index (χ3n) is 3.00. The van der Waals surface area contributed by atoms with Crippen molar-refractivity contribution in [3.05, 3.63) is 18.2 Å². The zero-order chi connectivity index (χ0) is 12.1. The van der Waals surface area contributed by atoms with Gasteiger partial charge in [0.2, 0.25) is 0 Å². The molecule has 1 atom stereocenters. The molecule has 1 aromatic heterocycles. The number of aryl methyl sites for hydroxylation is 1. The van der Waals surface area contributed by atoms with Gasteiger partial charge in [0.1, 0.15) is 0 Å². The molecule has 0 amide bonds. The molecule has 1 aromatic rings. The molecule has 1 heterocycles. The lowest BCUT2D eigenvalue weighted by Gasteiger charge is -2.21. The van der Waals surface area contributed by atoms with E-state index in [9.17, 15) is 0 Å². The molecule has 0 unspecified atom stereocenters. The van der Waals surface area contributed by atoms with E-state index in [1.54, 1.807) is 0 Å². The van der Waals surface area contributed by atoms with Crippen LogP contribution in [0.15, 0.2) is 12.5 Å². The van der Waals surface area contributed by atoms with Crippen LogP contribution in [0.3, 0.4) is 0 Å². The number of aromatic nitrogens is 2. The fourth-order valence-electron chi connectivity index (χ4n) is 1.65. The Morgan fingerprint density at radius 1 is 1.44 bits per heavy atom. The Morgan fingerprint density at radius 2 is 2.12 bits per heavy atom. The fraction of sp³-hybridized carbons (Fsp3) is 0.750. The summed E-state index contributed by atoms with van der Waals surface area (Å²) in [5.74, 6) is 0. The highest BCUT2D eigenvalue weighted by Gasteiger charge is 2.07. The van der Waals surface area contributed by atoms with Gasteiger partial charge in [-0.1, -0.05) is 0 Å². The van der Waals surface area contributed by atoms with E-state index in [2.05, 4.69) is 35.3 Å². The Kier molecular flexibility index (Phi) is 4.96. The lowest BCUT2D eigenvalue weighted by Crippen LogP contribution is -2.28. The molecule has 0 saturated heterocycles. The standard InChI is InChI=1S/C12H24N4/c1-10(2)15(4)6-5-7-16-9-14-8-12(16)11(3)13/h8-11H,5-7,13H2,1-4H3/t11-/m0/s1. The predicted molar refractivity (Wildman–Crippen MR) is 67.2 cm³/mol. The molecule has 0 aliphatic rings. The molecule has 0 saturated carbocycles. The van der Waals surface area contributed by atoms with E-state index in [4.69, 9.17) is 5.73 Å². The normalized spacial score (nSPS) is 13.7. The Labute approximate surface area is 98.5 Å². The van der Waals surface area contributed by atoms with Crippen molar-refractivity contribution in [2.75, 3.05) is 13.6 Å². The summed E-state index contributed by atoms with van der Waals surface area (Å²) in [5, 5.41) is 0. The van der Waals surface area contributed by atoms with Gasteiger partial charge in [0.05, 0.1) is 12.0 Å². The van der Waals surface area contributed by atoms with Gasteiger partial charge in [-0.2, -0.15) is 0 Å². The van der Waals surface area contributed by atoms with Crippen LogP contribution in [0.4, 0.5) is 0 Å². The van der Waals surface area contributed by atoms with Crippen LogP contribution in [-0.2, 0) is 6.54 Å². The minimum Gasteiger partial charge on any atom is -0.333 e. The second kappa shape index (κ2) is 6.01. The van der Waals surface area contributed by atoms with Crippen molar-refractivity contribution in [3.8, 4) is 0 Å². The molecule has 0 radical (unpaired) electrons. The van der Waals surface area contributed by atoms with Crippen LogP contribution in [-0.4, -0.2) is 34.1 Å². The van der Waals surface area contributed by atoms with Crippen LogP contribution in [0.2, 0.25) is 0 Å². The van der Waals surface area contributed by atoms with Crippen LogP contribution in [0, 0.1) is 0 Å². The minimum atomic E-state index is 0.0605. The first kappa shape index (κ1) is 13.2. The molecule has 92 valence electrons. The van der Waals surface area contributed by atoms with Gasteiger partial charge < -0.3 is 15.2 Å². The largest absolute Gasteiger partial charge is 0.333 e. The second-order valence-corrected chi connectivity index (χ2v) is 4.73. The molecule has 2 N–H and O–H groups in total. The molecule has 0 spiro atoms. The maximum absolute atomic E-state index is 5.87. The van der Waals surface area contributed by atoms with Gasteiger partial charge in [-0.05, 0) is 40.8 Å². The maximum atomic E-state index is 5.87. The van der Waals surface area contributed by atoms with Gasteiger partial charge in [0.25, 0.3) is 0 Å². The monoisotopic (exact) mass is 224 g/mol. The van der Waals surface area contributed by atoms with Gasteiger partial charge >= 0.3 is 0 Å². The smallest absolute Gasteiger partial charge is 0.0948 e. The summed E-state index contributed by atoms with van der Waals surface area (Å²) in [4.78, 5) is 6.50. The van der Waals surface area contributed by atoms with Crippen LogP contribution >= 0.6 is 0 Å². The highest BCUT2D eigenvalue weighted by atomic mass is 15.1. The summed E-state index contributed by atoms with van der Waals surface area (Å²) in [6, 6.07) is 0.668. The van der Waals surface area contributed by atoms with Crippen molar-refractivity contribution in [1.82, 2.24) is 14.5 Å². The van der Waals surface area contributed by atoms with Gasteiger partial charge in [-0.15, -0.1) is 0 Å². The van der Waals surface area contributed by atoms with Crippen molar-refractivity contribution in [3.63, 3.8) is 0 Å². The van der Waals surface area contributed by atoms with Crippen LogP contribution in [0.1, 0.15) is 38.9 Å². The Morgan fingerprint density at radius 3 is 2.69 bits per heavy atom. The van der Waals surface area contributed by atoms with E-state index in [-0.39, 0.29) is 6.04 Å². The lowest BCUT2D eigenvalue weighted by molar-refractivity contribution is 0.265. The third kappa shape index (κ3) is 3.61. The summed E-state index contributed by atoms with van der Waals surface area (Å²) in [6.07, 6.45) is 4.86. The predicted octanol–water partition coefficient (Wildman–Crippen LogP) is 1.63. The average Bonchev–Trinajstić information content (AvgIpc) is 2.65. The summed E-state index contributed by atoms with van der Waals surface area (Å²) >= 11 is 0. The molecule has 0 fully saturated rings. The number of rotatable bonds is 6. The van der Waals surface area contributed by atoms with Crippen LogP contribution in [0.25, 0.3) is 0 Å². The zero-order valence-electron chi connectivity index (χ0n) is 10.8. The van der Waals surface area contributed by atoms with Crippen molar-refractivity contribution in [2.45, 2.75) is 45.8 Å². The van der Waals surface area contributed by atoms with Crippen molar-refractivity contribution in [1.29, 1.82) is 0 Å². The number of imidazole rings is 1. The molecule has 0 aliphatic carbocycles. The molecular weight excluding hydrogens is 200 g/mol. The van der Waals surface area contributed by atoms with Gasteiger partial charge in [-0.3, -0.25) is 0 Å². The number of nitrogens with zero attached hydrogens (tertiary/aromatic N) is 3. The van der Waals surface area contributed by atoms with E-state index in [1.165, 1.54) is 0 Å². The van der Waals surface area contributed by atoms with E-state index in [1.807, 2.05) is 19.4 Å². The zero-order valence-corrected chi connectivity index (χ0v) is 10.8.